The van der Waals surface area contributed by atoms with Gasteiger partial charge < -0.3 is 11.5 Å². The number of Topliss-reactive ketones (excluding diaryl/α,β-unsaturated/α-hetero) is 1. The molecule has 0 aromatic heterocycles. The maximum Gasteiger partial charge on any atom is 0.134 e. The number of rotatable bonds is 7. The molecule has 3 nitrogen and oxygen atoms in total. The smallest absolute Gasteiger partial charge is 0.134 e. The van der Waals surface area contributed by atoms with Gasteiger partial charge in [0.1, 0.15) is 5.78 Å². The summed E-state index contributed by atoms with van der Waals surface area (Å²) in [4.78, 5) is 11.3. The van der Waals surface area contributed by atoms with E-state index in [4.69, 9.17) is 11.5 Å². The number of carbonyl (C=O) groups is 1. The Bertz CT molecular complexity index is 146. The van der Waals surface area contributed by atoms with Crippen LogP contribution in [0.5, 0.6) is 0 Å². The van der Waals surface area contributed by atoms with Crippen LogP contribution in [-0.4, -0.2) is 18.4 Å². The van der Waals surface area contributed by atoms with E-state index in [9.17, 15) is 4.79 Å². The van der Waals surface area contributed by atoms with E-state index >= 15 is 0 Å². The van der Waals surface area contributed by atoms with Crippen LogP contribution in [0.2, 0.25) is 0 Å². The van der Waals surface area contributed by atoms with Gasteiger partial charge in [0, 0.05) is 18.9 Å². The van der Waals surface area contributed by atoms with E-state index in [1.54, 1.807) is 0 Å². The van der Waals surface area contributed by atoms with Crippen molar-refractivity contribution in [2.75, 3.05) is 6.54 Å². The van der Waals surface area contributed by atoms with Crippen molar-refractivity contribution in [2.45, 2.75) is 45.6 Å². The highest BCUT2D eigenvalue weighted by atomic mass is 16.1. The fourth-order valence-corrected chi connectivity index (χ4v) is 1.31. The third kappa shape index (κ3) is 7.94. The van der Waals surface area contributed by atoms with Gasteiger partial charge in [0.2, 0.25) is 0 Å². The summed E-state index contributed by atoms with van der Waals surface area (Å²) in [6.07, 6.45) is 2.94. The van der Waals surface area contributed by atoms with Gasteiger partial charge in [-0.1, -0.05) is 13.8 Å². The lowest BCUT2D eigenvalue weighted by Crippen LogP contribution is -2.25. The minimum absolute atomic E-state index is 0.00907. The number of hydrogen-bond acceptors (Lipinski definition) is 3. The molecular weight excluding hydrogens is 164 g/mol. The van der Waals surface area contributed by atoms with Gasteiger partial charge in [-0.25, -0.2) is 0 Å². The second-order valence-electron chi connectivity index (χ2n) is 4.03. The molecule has 4 N–H and O–H groups in total. The number of nitrogens with two attached hydrogens (primary N) is 2. The molecule has 78 valence electrons. The minimum Gasteiger partial charge on any atom is -0.330 e. The molecule has 0 saturated heterocycles. The van der Waals surface area contributed by atoms with Crippen molar-refractivity contribution in [1.82, 2.24) is 0 Å². The fourth-order valence-electron chi connectivity index (χ4n) is 1.31. The Morgan fingerprint density at radius 1 is 1.31 bits per heavy atom. The Kier molecular flexibility index (Phi) is 6.82. The highest BCUT2D eigenvalue weighted by molar-refractivity contribution is 5.79. The molecule has 13 heavy (non-hydrogen) atoms. The molecule has 0 amide bonds. The first-order chi connectivity index (χ1) is 6.06. The van der Waals surface area contributed by atoms with Crippen LogP contribution in [0.15, 0.2) is 0 Å². The van der Waals surface area contributed by atoms with Crippen LogP contribution in [0, 0.1) is 5.92 Å². The van der Waals surface area contributed by atoms with Crippen molar-refractivity contribution in [3.63, 3.8) is 0 Å². The molecule has 0 spiro atoms. The normalized spacial score (nSPS) is 13.3. The molecule has 0 aromatic carbocycles. The first-order valence-electron chi connectivity index (χ1n) is 5.03. The van der Waals surface area contributed by atoms with E-state index in [0.717, 1.165) is 12.8 Å². The summed E-state index contributed by atoms with van der Waals surface area (Å²) < 4.78 is 0. The largest absolute Gasteiger partial charge is 0.330 e. The Labute approximate surface area is 80.9 Å². The summed E-state index contributed by atoms with van der Waals surface area (Å²) >= 11 is 0. The van der Waals surface area contributed by atoms with Crippen LogP contribution in [0.1, 0.15) is 39.5 Å². The summed E-state index contributed by atoms with van der Waals surface area (Å²) in [6.45, 7) is 4.75. The van der Waals surface area contributed by atoms with Crippen LogP contribution in [-0.2, 0) is 4.79 Å². The van der Waals surface area contributed by atoms with Crippen LogP contribution in [0.4, 0.5) is 0 Å². The average Bonchev–Trinajstić information content (AvgIpc) is 1.98. The monoisotopic (exact) mass is 186 g/mol. The van der Waals surface area contributed by atoms with Gasteiger partial charge in [0.15, 0.2) is 0 Å². The summed E-state index contributed by atoms with van der Waals surface area (Å²) in [5, 5.41) is 0. The van der Waals surface area contributed by atoms with Crippen molar-refractivity contribution in [2.24, 2.45) is 17.4 Å². The lowest BCUT2D eigenvalue weighted by molar-refractivity contribution is -0.120. The molecule has 0 saturated carbocycles. The molecule has 0 radical (unpaired) electrons. The third-order valence-corrected chi connectivity index (χ3v) is 1.90. The molecule has 0 fully saturated rings. The molecule has 3 heteroatoms. The molecule has 0 aromatic rings. The van der Waals surface area contributed by atoms with Crippen molar-refractivity contribution in [1.29, 1.82) is 0 Å². The van der Waals surface area contributed by atoms with Crippen molar-refractivity contribution in [3.8, 4) is 0 Å². The second-order valence-corrected chi connectivity index (χ2v) is 4.03. The zero-order chi connectivity index (χ0) is 10.3. The van der Waals surface area contributed by atoms with Crippen LogP contribution in [0.25, 0.3) is 0 Å². The summed E-state index contributed by atoms with van der Waals surface area (Å²) in [5.41, 5.74) is 11.1. The van der Waals surface area contributed by atoms with Crippen molar-refractivity contribution < 1.29 is 4.79 Å². The van der Waals surface area contributed by atoms with E-state index in [0.29, 0.717) is 25.3 Å². The van der Waals surface area contributed by atoms with Gasteiger partial charge in [-0.15, -0.1) is 0 Å². The minimum atomic E-state index is 0.00907. The maximum absolute atomic E-state index is 11.3. The van der Waals surface area contributed by atoms with Gasteiger partial charge >= 0.3 is 0 Å². The highest BCUT2D eigenvalue weighted by Crippen LogP contribution is 2.06. The Morgan fingerprint density at radius 3 is 2.38 bits per heavy atom. The van der Waals surface area contributed by atoms with Crippen molar-refractivity contribution >= 4 is 5.78 Å². The van der Waals surface area contributed by atoms with Gasteiger partial charge in [0.05, 0.1) is 0 Å². The molecule has 0 heterocycles. The van der Waals surface area contributed by atoms with E-state index in [1.807, 2.05) is 13.8 Å². The van der Waals surface area contributed by atoms with Crippen LogP contribution >= 0.6 is 0 Å². The predicted octanol–water partition coefficient (Wildman–Crippen LogP) is 1.06. The first kappa shape index (κ1) is 12.6. The van der Waals surface area contributed by atoms with Gasteiger partial charge in [0.25, 0.3) is 0 Å². The van der Waals surface area contributed by atoms with Gasteiger partial charge in [-0.05, 0) is 25.3 Å². The summed E-state index contributed by atoms with van der Waals surface area (Å²) in [6, 6.07) is 0.00907. The fraction of sp³-hybridized carbons (Fsp3) is 0.900. The van der Waals surface area contributed by atoms with E-state index in [1.165, 1.54) is 0 Å². The number of ketones is 1. The zero-order valence-corrected chi connectivity index (χ0v) is 8.75. The maximum atomic E-state index is 11.3. The second kappa shape index (κ2) is 7.04. The van der Waals surface area contributed by atoms with Crippen LogP contribution in [0.3, 0.4) is 0 Å². The summed E-state index contributed by atoms with van der Waals surface area (Å²) in [7, 11) is 0. The predicted molar refractivity (Wildman–Crippen MR) is 55.3 cm³/mol. The highest BCUT2D eigenvalue weighted by Gasteiger charge is 2.10. The Balaban J connectivity index is 3.53. The summed E-state index contributed by atoms with van der Waals surface area (Å²) in [5.74, 6) is 0.716. The standard InChI is InChI=1S/C10H22N2O/c1-8(2)6-10(13)7-9(12)4-3-5-11/h8-9H,3-7,11-12H2,1-2H3. The molecule has 1 unspecified atom stereocenters. The molecule has 1 atom stereocenters. The van der Waals surface area contributed by atoms with E-state index in [-0.39, 0.29) is 11.8 Å². The lowest BCUT2D eigenvalue weighted by atomic mass is 10.00. The molecular formula is C10H22N2O. The number of hydrogen-bond donors (Lipinski definition) is 2. The number of carbonyl (C=O) groups excluding carboxylic acids is 1. The lowest BCUT2D eigenvalue weighted by Gasteiger charge is -2.10. The van der Waals surface area contributed by atoms with Gasteiger partial charge in [-0.3, -0.25) is 4.79 Å². The molecule has 0 aliphatic carbocycles. The van der Waals surface area contributed by atoms with Crippen LogP contribution < -0.4 is 11.5 Å². The van der Waals surface area contributed by atoms with Gasteiger partial charge in [-0.2, -0.15) is 0 Å². The first-order valence-corrected chi connectivity index (χ1v) is 5.03. The molecule has 0 rings (SSSR count). The molecule has 0 aliphatic heterocycles. The Morgan fingerprint density at radius 2 is 1.92 bits per heavy atom. The quantitative estimate of drug-likeness (QED) is 0.624. The van der Waals surface area contributed by atoms with E-state index in [2.05, 4.69) is 0 Å². The zero-order valence-electron chi connectivity index (χ0n) is 8.75. The molecule has 0 aliphatic rings. The average molecular weight is 186 g/mol. The SMILES string of the molecule is CC(C)CC(=O)CC(N)CCCN. The third-order valence-electron chi connectivity index (χ3n) is 1.90. The van der Waals surface area contributed by atoms with E-state index < -0.39 is 0 Å². The van der Waals surface area contributed by atoms with Crippen molar-refractivity contribution in [3.05, 3.63) is 0 Å². The topological polar surface area (TPSA) is 69.1 Å². The molecule has 0 bridgehead atoms. The Hall–Kier alpha value is -0.410.